The van der Waals surface area contributed by atoms with E-state index >= 15 is 0 Å². The standard InChI is InChI=1S/C15H23BrN2O/c1-11(8-15-10-19-7-6-17-15)18-12(2)13-4-3-5-14(16)9-13/h3-5,9,11-12,15,17-18H,6-8,10H2,1-2H3/t11?,12-,15?/m0/s1. The summed E-state index contributed by atoms with van der Waals surface area (Å²) < 4.78 is 6.62. The van der Waals surface area contributed by atoms with E-state index < -0.39 is 0 Å². The molecule has 0 saturated carbocycles. The van der Waals surface area contributed by atoms with E-state index in [9.17, 15) is 0 Å². The summed E-state index contributed by atoms with van der Waals surface area (Å²) in [5.41, 5.74) is 1.31. The molecule has 0 amide bonds. The topological polar surface area (TPSA) is 33.3 Å². The minimum atomic E-state index is 0.358. The van der Waals surface area contributed by atoms with Crippen molar-refractivity contribution >= 4 is 15.9 Å². The van der Waals surface area contributed by atoms with Gasteiger partial charge in [-0.2, -0.15) is 0 Å². The molecule has 1 aliphatic heterocycles. The number of rotatable bonds is 5. The molecule has 2 rings (SSSR count). The summed E-state index contributed by atoms with van der Waals surface area (Å²) in [6.45, 7) is 7.09. The van der Waals surface area contributed by atoms with E-state index in [0.717, 1.165) is 30.7 Å². The van der Waals surface area contributed by atoms with Crippen molar-refractivity contribution in [1.29, 1.82) is 0 Å². The van der Waals surface area contributed by atoms with Gasteiger partial charge in [0, 0.05) is 29.1 Å². The van der Waals surface area contributed by atoms with Crippen LogP contribution < -0.4 is 10.6 Å². The molecule has 1 saturated heterocycles. The molecule has 1 aromatic rings. The fourth-order valence-electron chi connectivity index (χ4n) is 2.56. The van der Waals surface area contributed by atoms with Gasteiger partial charge in [-0.3, -0.25) is 0 Å². The van der Waals surface area contributed by atoms with Gasteiger partial charge >= 0.3 is 0 Å². The van der Waals surface area contributed by atoms with Crippen molar-refractivity contribution in [2.24, 2.45) is 0 Å². The molecule has 0 aliphatic carbocycles. The Morgan fingerprint density at radius 3 is 3.00 bits per heavy atom. The van der Waals surface area contributed by atoms with E-state index in [1.165, 1.54) is 5.56 Å². The Morgan fingerprint density at radius 2 is 2.32 bits per heavy atom. The normalized spacial score (nSPS) is 23.0. The van der Waals surface area contributed by atoms with Crippen molar-refractivity contribution in [2.45, 2.75) is 38.4 Å². The third-order valence-electron chi connectivity index (χ3n) is 3.52. The van der Waals surface area contributed by atoms with Crippen LogP contribution in [0.3, 0.4) is 0 Å². The lowest BCUT2D eigenvalue weighted by atomic mass is 10.0. The van der Waals surface area contributed by atoms with Crippen LogP contribution in [0.2, 0.25) is 0 Å². The quantitative estimate of drug-likeness (QED) is 0.872. The van der Waals surface area contributed by atoms with Crippen LogP contribution in [0.1, 0.15) is 31.9 Å². The third kappa shape index (κ3) is 4.88. The minimum absolute atomic E-state index is 0.358. The number of halogens is 1. The van der Waals surface area contributed by atoms with Gasteiger partial charge in [-0.25, -0.2) is 0 Å². The molecule has 0 aromatic heterocycles. The first kappa shape index (κ1) is 15.0. The highest BCUT2D eigenvalue weighted by atomic mass is 79.9. The highest BCUT2D eigenvalue weighted by molar-refractivity contribution is 9.10. The van der Waals surface area contributed by atoms with Crippen molar-refractivity contribution in [1.82, 2.24) is 10.6 Å². The molecule has 2 unspecified atom stereocenters. The first-order valence-corrected chi connectivity index (χ1v) is 7.77. The molecule has 0 spiro atoms. The molecule has 1 heterocycles. The average molecular weight is 327 g/mol. The Labute approximate surface area is 124 Å². The monoisotopic (exact) mass is 326 g/mol. The molecular weight excluding hydrogens is 304 g/mol. The number of hydrogen-bond donors (Lipinski definition) is 2. The smallest absolute Gasteiger partial charge is 0.0620 e. The van der Waals surface area contributed by atoms with Gasteiger partial charge in [0.25, 0.3) is 0 Å². The molecule has 0 bridgehead atoms. The summed E-state index contributed by atoms with van der Waals surface area (Å²) in [6, 6.07) is 9.78. The highest BCUT2D eigenvalue weighted by Crippen LogP contribution is 2.18. The molecule has 2 N–H and O–H groups in total. The second-order valence-corrected chi connectivity index (χ2v) is 6.22. The summed E-state index contributed by atoms with van der Waals surface area (Å²) in [5.74, 6) is 0. The first-order chi connectivity index (χ1) is 9.15. The minimum Gasteiger partial charge on any atom is -0.379 e. The van der Waals surface area contributed by atoms with Crippen molar-refractivity contribution in [3.63, 3.8) is 0 Å². The van der Waals surface area contributed by atoms with Crippen molar-refractivity contribution in [3.05, 3.63) is 34.3 Å². The van der Waals surface area contributed by atoms with Crippen LogP contribution in [0.5, 0.6) is 0 Å². The van der Waals surface area contributed by atoms with Crippen molar-refractivity contribution in [2.75, 3.05) is 19.8 Å². The maximum Gasteiger partial charge on any atom is 0.0620 e. The van der Waals surface area contributed by atoms with Crippen LogP contribution in [0.15, 0.2) is 28.7 Å². The van der Waals surface area contributed by atoms with Gasteiger partial charge in [0.2, 0.25) is 0 Å². The van der Waals surface area contributed by atoms with Crippen molar-refractivity contribution in [3.8, 4) is 0 Å². The van der Waals surface area contributed by atoms with Gasteiger partial charge in [0.05, 0.1) is 13.2 Å². The first-order valence-electron chi connectivity index (χ1n) is 6.98. The van der Waals surface area contributed by atoms with Gasteiger partial charge in [-0.15, -0.1) is 0 Å². The Morgan fingerprint density at radius 1 is 1.47 bits per heavy atom. The Hall–Kier alpha value is -0.420. The molecule has 3 nitrogen and oxygen atoms in total. The molecule has 1 aliphatic rings. The van der Waals surface area contributed by atoms with E-state index in [4.69, 9.17) is 4.74 Å². The summed E-state index contributed by atoms with van der Waals surface area (Å²) in [6.07, 6.45) is 1.10. The van der Waals surface area contributed by atoms with Gasteiger partial charge < -0.3 is 15.4 Å². The Kier molecular flexibility index (Phi) is 5.82. The number of hydrogen-bond acceptors (Lipinski definition) is 3. The summed E-state index contributed by atoms with van der Waals surface area (Å²) in [5, 5.41) is 7.15. The van der Waals surface area contributed by atoms with Gasteiger partial charge in [-0.05, 0) is 38.0 Å². The van der Waals surface area contributed by atoms with Crippen LogP contribution in [0.4, 0.5) is 0 Å². The molecule has 3 atom stereocenters. The molecule has 1 fully saturated rings. The predicted molar refractivity (Wildman–Crippen MR) is 82.4 cm³/mol. The van der Waals surface area contributed by atoms with Crippen LogP contribution in [-0.2, 0) is 4.74 Å². The zero-order chi connectivity index (χ0) is 13.7. The SMILES string of the molecule is CC(CC1COCCN1)N[C@@H](C)c1cccc(Br)c1. The Balaban J connectivity index is 1.82. The summed E-state index contributed by atoms with van der Waals surface area (Å²) >= 11 is 3.52. The summed E-state index contributed by atoms with van der Waals surface area (Å²) in [7, 11) is 0. The van der Waals surface area contributed by atoms with Crippen LogP contribution in [-0.4, -0.2) is 31.8 Å². The molecule has 19 heavy (non-hydrogen) atoms. The molecule has 1 aromatic carbocycles. The van der Waals surface area contributed by atoms with Crippen LogP contribution in [0.25, 0.3) is 0 Å². The lowest BCUT2D eigenvalue weighted by Crippen LogP contribution is -2.45. The van der Waals surface area contributed by atoms with E-state index in [1.54, 1.807) is 0 Å². The predicted octanol–water partition coefficient (Wildman–Crippen LogP) is 2.87. The number of ether oxygens (including phenoxy) is 1. The summed E-state index contributed by atoms with van der Waals surface area (Å²) in [4.78, 5) is 0. The number of nitrogens with one attached hydrogen (secondary N) is 2. The second-order valence-electron chi connectivity index (χ2n) is 5.31. The van der Waals surface area contributed by atoms with Gasteiger partial charge in [0.1, 0.15) is 0 Å². The lowest BCUT2D eigenvalue weighted by Gasteiger charge is -2.28. The fraction of sp³-hybridized carbons (Fsp3) is 0.600. The highest BCUT2D eigenvalue weighted by Gasteiger charge is 2.17. The zero-order valence-electron chi connectivity index (χ0n) is 11.7. The second kappa shape index (κ2) is 7.39. The van der Waals surface area contributed by atoms with E-state index in [0.29, 0.717) is 18.1 Å². The average Bonchev–Trinajstić information content (AvgIpc) is 2.39. The third-order valence-corrected chi connectivity index (χ3v) is 4.01. The Bertz CT molecular complexity index is 393. The van der Waals surface area contributed by atoms with Crippen LogP contribution in [0, 0.1) is 0 Å². The van der Waals surface area contributed by atoms with Gasteiger partial charge in [0.15, 0.2) is 0 Å². The van der Waals surface area contributed by atoms with Crippen molar-refractivity contribution < 1.29 is 4.74 Å². The number of benzene rings is 1. The van der Waals surface area contributed by atoms with E-state index in [2.05, 4.69) is 64.7 Å². The van der Waals surface area contributed by atoms with E-state index in [-0.39, 0.29) is 0 Å². The molecule has 0 radical (unpaired) electrons. The van der Waals surface area contributed by atoms with E-state index in [1.807, 2.05) is 0 Å². The molecule has 106 valence electrons. The molecule has 4 heteroatoms. The maximum absolute atomic E-state index is 5.49. The zero-order valence-corrected chi connectivity index (χ0v) is 13.2. The number of morpholine rings is 1. The lowest BCUT2D eigenvalue weighted by molar-refractivity contribution is 0.0708. The fourth-order valence-corrected chi connectivity index (χ4v) is 2.98. The van der Waals surface area contributed by atoms with Crippen LogP contribution >= 0.6 is 15.9 Å². The molecular formula is C15H23BrN2O. The maximum atomic E-state index is 5.49. The van der Waals surface area contributed by atoms with Gasteiger partial charge in [-0.1, -0.05) is 28.1 Å². The largest absolute Gasteiger partial charge is 0.379 e.